The van der Waals surface area contributed by atoms with Gasteiger partial charge in [0.1, 0.15) is 0 Å². The summed E-state index contributed by atoms with van der Waals surface area (Å²) in [5.74, 6) is 0. The molecule has 2 heterocycles. The van der Waals surface area contributed by atoms with Crippen LogP contribution in [-0.2, 0) is 16.2 Å². The van der Waals surface area contributed by atoms with Crippen molar-refractivity contribution in [2.75, 3.05) is 23.9 Å². The number of fused-ring (bicyclic) bond motifs is 16. The molecule has 15 aromatic rings. The van der Waals surface area contributed by atoms with Gasteiger partial charge in [-0.3, -0.25) is 0 Å². The van der Waals surface area contributed by atoms with E-state index < -0.39 is 16.2 Å². The maximum atomic E-state index is 2.59. The number of hydrogen-bond acceptors (Lipinski definition) is 2. The molecule has 15 aromatic carbocycles. The quantitative estimate of drug-likeness (QED) is 0.147. The minimum Gasteiger partial charge on any atom is -0.344 e. The Labute approximate surface area is 543 Å². The maximum Gasteiger partial charge on any atom is 0.0748 e. The highest BCUT2D eigenvalue weighted by molar-refractivity contribution is 6.21. The fourth-order valence-electron chi connectivity index (χ4n) is 18.1. The van der Waals surface area contributed by atoms with Crippen LogP contribution in [0.2, 0.25) is 0 Å². The average Bonchev–Trinajstić information content (AvgIpc) is 1.68. The van der Waals surface area contributed by atoms with Crippen molar-refractivity contribution in [1.29, 1.82) is 0 Å². The van der Waals surface area contributed by atoms with Crippen molar-refractivity contribution in [3.63, 3.8) is 0 Å². The number of rotatable bonds is 7. The predicted molar refractivity (Wildman–Crippen MR) is 387 cm³/mol. The van der Waals surface area contributed by atoms with Gasteiger partial charge in [-0.05, 0) is 163 Å². The predicted octanol–water partition coefficient (Wildman–Crippen LogP) is 22.3. The highest BCUT2D eigenvalue weighted by Crippen LogP contribution is 2.66. The summed E-state index contributed by atoms with van der Waals surface area (Å²) in [6, 6.07) is 129. The first-order valence-corrected chi connectivity index (χ1v) is 32.6. The molecule has 0 bridgehead atoms. The van der Waals surface area contributed by atoms with Crippen LogP contribution in [0.3, 0.4) is 0 Å². The Morgan fingerprint density at radius 2 is 0.473 bits per heavy atom. The fourth-order valence-corrected chi connectivity index (χ4v) is 18.1. The first-order chi connectivity index (χ1) is 46.0. The minimum atomic E-state index is -0.712. The molecule has 0 saturated carbocycles. The van der Waals surface area contributed by atoms with Gasteiger partial charge in [-0.1, -0.05) is 309 Å². The molecule has 2 aliphatic carbocycles. The molecule has 93 heavy (non-hydrogen) atoms. The molecule has 0 aromatic heterocycles. The molecule has 2 heteroatoms. The minimum absolute atomic E-state index is 0.609. The molecular formula is C91H62N2. The van der Waals surface area contributed by atoms with Crippen LogP contribution in [0.15, 0.2) is 340 Å². The van der Waals surface area contributed by atoms with E-state index in [2.05, 4.69) is 364 Å². The van der Waals surface area contributed by atoms with Crippen molar-refractivity contribution in [1.82, 2.24) is 0 Å². The third-order valence-corrected chi connectivity index (χ3v) is 21.6. The average molecular weight is 1180 g/mol. The van der Waals surface area contributed by atoms with E-state index in [0.717, 1.165) is 0 Å². The van der Waals surface area contributed by atoms with Crippen molar-refractivity contribution in [2.24, 2.45) is 0 Å². The summed E-state index contributed by atoms with van der Waals surface area (Å²) in [6.07, 6.45) is 0. The van der Waals surface area contributed by atoms with E-state index in [9.17, 15) is 0 Å². The SMILES string of the molecule is CN1c2ccccc2C(c2ccccc2)(c2ccccc2)c2c(-c3cccc4c(-c5cccc6c5C5(c7ccccc7-c7ccccc75)c5ccccc5-6)c5cccc(-c6cccc7c6C(c6ccccc6)(c6ccccc6)c6ccccc6N7C)c5cc34)cccc21. The highest BCUT2D eigenvalue weighted by atomic mass is 15.1. The lowest BCUT2D eigenvalue weighted by molar-refractivity contribution is 0.729. The first kappa shape index (κ1) is 53.3. The van der Waals surface area contributed by atoms with Gasteiger partial charge in [-0.25, -0.2) is 0 Å². The molecule has 0 radical (unpaired) electrons. The lowest BCUT2D eigenvalue weighted by atomic mass is 9.60. The van der Waals surface area contributed by atoms with Gasteiger partial charge >= 0.3 is 0 Å². The Kier molecular flexibility index (Phi) is 11.6. The molecule has 0 N–H and O–H groups in total. The Hall–Kier alpha value is -11.6. The second-order valence-electron chi connectivity index (χ2n) is 25.7. The molecule has 436 valence electrons. The van der Waals surface area contributed by atoms with Crippen LogP contribution < -0.4 is 9.80 Å². The summed E-state index contributed by atoms with van der Waals surface area (Å²) in [4.78, 5) is 4.87. The van der Waals surface area contributed by atoms with E-state index in [1.807, 2.05) is 0 Å². The number of benzene rings is 15. The molecule has 1 spiro atoms. The maximum absolute atomic E-state index is 2.59. The molecule has 2 aliphatic heterocycles. The largest absolute Gasteiger partial charge is 0.344 e. The first-order valence-electron chi connectivity index (χ1n) is 32.6. The van der Waals surface area contributed by atoms with Crippen LogP contribution in [0, 0.1) is 0 Å². The second-order valence-corrected chi connectivity index (χ2v) is 25.7. The zero-order valence-corrected chi connectivity index (χ0v) is 51.7. The Balaban J connectivity index is 0.989. The Morgan fingerprint density at radius 3 is 0.882 bits per heavy atom. The van der Waals surface area contributed by atoms with Crippen LogP contribution in [0.4, 0.5) is 22.7 Å². The van der Waals surface area contributed by atoms with Gasteiger partial charge in [0.25, 0.3) is 0 Å². The van der Waals surface area contributed by atoms with Crippen molar-refractivity contribution in [3.05, 3.63) is 406 Å². The van der Waals surface area contributed by atoms with Gasteiger partial charge in [0.2, 0.25) is 0 Å². The van der Waals surface area contributed by atoms with Gasteiger partial charge in [0.15, 0.2) is 0 Å². The van der Waals surface area contributed by atoms with Gasteiger partial charge in [-0.15, -0.1) is 0 Å². The third-order valence-electron chi connectivity index (χ3n) is 21.6. The van der Waals surface area contributed by atoms with Gasteiger partial charge in [0, 0.05) is 48.0 Å². The van der Waals surface area contributed by atoms with Crippen molar-refractivity contribution >= 4 is 44.3 Å². The normalized spacial score (nSPS) is 14.6. The van der Waals surface area contributed by atoms with Crippen molar-refractivity contribution in [2.45, 2.75) is 16.2 Å². The van der Waals surface area contributed by atoms with Crippen LogP contribution in [0.5, 0.6) is 0 Å². The summed E-state index contributed by atoms with van der Waals surface area (Å²) < 4.78 is 0. The second kappa shape index (κ2) is 20.2. The molecule has 19 rings (SSSR count). The molecule has 0 unspecified atom stereocenters. The van der Waals surface area contributed by atoms with Crippen LogP contribution in [-0.4, -0.2) is 14.1 Å². The molecule has 0 saturated heterocycles. The van der Waals surface area contributed by atoms with E-state index in [4.69, 9.17) is 0 Å². The molecule has 0 amide bonds. The van der Waals surface area contributed by atoms with Crippen molar-refractivity contribution in [3.8, 4) is 55.6 Å². The lowest BCUT2D eigenvalue weighted by Gasteiger charge is -2.46. The van der Waals surface area contributed by atoms with Crippen LogP contribution in [0.1, 0.15) is 66.8 Å². The number of para-hydroxylation sites is 2. The van der Waals surface area contributed by atoms with Crippen molar-refractivity contribution < 1.29 is 0 Å². The van der Waals surface area contributed by atoms with E-state index in [-0.39, 0.29) is 0 Å². The molecule has 2 nitrogen and oxygen atoms in total. The van der Waals surface area contributed by atoms with Gasteiger partial charge < -0.3 is 9.80 Å². The van der Waals surface area contributed by atoms with Gasteiger partial charge in [-0.2, -0.15) is 0 Å². The number of nitrogens with zero attached hydrogens (tertiary/aromatic N) is 2. The number of hydrogen-bond donors (Lipinski definition) is 0. The number of anilines is 4. The van der Waals surface area contributed by atoms with Gasteiger partial charge in [0.05, 0.1) is 16.2 Å². The summed E-state index contributed by atoms with van der Waals surface area (Å²) >= 11 is 0. The lowest BCUT2D eigenvalue weighted by Crippen LogP contribution is -2.38. The van der Waals surface area contributed by atoms with E-state index in [1.54, 1.807) is 0 Å². The summed E-state index contributed by atoms with van der Waals surface area (Å²) in [6.45, 7) is 0. The molecule has 0 fully saturated rings. The standard InChI is InChI=1S/C91H62N2/c1-92-81-54-23-21-52-79(81)89(59-30-7-3-8-31-59,60-32-9-4-10-33-60)87-70(46-28-56-83(87)92)63-41-25-43-68-74(63)58-75-64(71-47-29-57-84-88(71)90(61-34-11-5-12-35-61,62-36-13-6-14-37-62)80-53-22-24-55-82(80)93(84)2)42-26-44-69(75)85(68)73-48-27-45-72-67-40-17-20-51-78(67)91(86(72)73)76-49-18-15-38-65(76)66-39-16-19-50-77(66)91/h3-58H,1-2H3. The molecule has 4 aliphatic rings. The highest BCUT2D eigenvalue weighted by Gasteiger charge is 2.54. The van der Waals surface area contributed by atoms with E-state index in [1.165, 1.54) is 167 Å². The molecular weight excluding hydrogens is 1120 g/mol. The summed E-state index contributed by atoms with van der Waals surface area (Å²) in [5, 5.41) is 4.79. The van der Waals surface area contributed by atoms with Crippen LogP contribution in [0.25, 0.3) is 77.2 Å². The van der Waals surface area contributed by atoms with Crippen LogP contribution >= 0.6 is 0 Å². The zero-order chi connectivity index (χ0) is 61.6. The Morgan fingerprint density at radius 1 is 0.194 bits per heavy atom. The monoisotopic (exact) mass is 1180 g/mol. The summed E-state index contributed by atoms with van der Waals surface area (Å²) in [7, 11) is 4.51. The summed E-state index contributed by atoms with van der Waals surface area (Å²) in [5.41, 5.74) is 30.3. The topological polar surface area (TPSA) is 6.48 Å². The third kappa shape index (κ3) is 7.02. The molecule has 0 atom stereocenters. The zero-order valence-electron chi connectivity index (χ0n) is 51.7. The Bertz CT molecular complexity index is 5160. The van der Waals surface area contributed by atoms with E-state index >= 15 is 0 Å². The smallest absolute Gasteiger partial charge is 0.0748 e. The fraction of sp³-hybridized carbons (Fsp3) is 0.0549. The van der Waals surface area contributed by atoms with E-state index in [0.29, 0.717) is 0 Å².